The third-order valence-electron chi connectivity index (χ3n) is 3.97. The van der Waals surface area contributed by atoms with E-state index in [4.69, 9.17) is 5.11 Å². The lowest BCUT2D eigenvalue weighted by molar-refractivity contribution is -0.137. The van der Waals surface area contributed by atoms with Crippen LogP contribution in [0.5, 0.6) is 5.75 Å². The van der Waals surface area contributed by atoms with Gasteiger partial charge >= 0.3 is 12.1 Å². The Balaban J connectivity index is 2.57. The number of aliphatic carboxylic acids is 1. The maximum atomic E-state index is 13.6. The number of phenolic OH excluding ortho intramolecular Hbond substituents is 1. The molecule has 2 aromatic carbocycles. The summed E-state index contributed by atoms with van der Waals surface area (Å²) in [5.41, 5.74) is -1.20. The van der Waals surface area contributed by atoms with Crippen molar-refractivity contribution in [1.29, 1.82) is 0 Å². The van der Waals surface area contributed by atoms with Crippen LogP contribution in [0.15, 0.2) is 72.5 Å². The number of rotatable bonds is 5. The average molecular weight is 390 g/mol. The number of hydrogen-bond acceptors (Lipinski definition) is 3. The molecule has 4 nitrogen and oxygen atoms in total. The number of hydrogen-bond donors (Lipinski definition) is 3. The van der Waals surface area contributed by atoms with Crippen molar-refractivity contribution in [3.8, 4) is 16.9 Å². The van der Waals surface area contributed by atoms with Crippen molar-refractivity contribution >= 4 is 11.5 Å². The topological polar surface area (TPSA) is 77.8 Å². The zero-order valence-electron chi connectivity index (χ0n) is 14.8. The molecule has 0 saturated heterocycles. The van der Waals surface area contributed by atoms with Crippen LogP contribution in [0.4, 0.5) is 13.2 Å². The first kappa shape index (κ1) is 20.8. The highest BCUT2D eigenvalue weighted by Gasteiger charge is 2.34. The quantitative estimate of drug-likeness (QED) is 0.355. The Kier molecular flexibility index (Phi) is 5.98. The predicted molar refractivity (Wildman–Crippen MR) is 99.7 cm³/mol. The van der Waals surface area contributed by atoms with Gasteiger partial charge in [0.05, 0.1) is 5.56 Å². The molecule has 0 aliphatic rings. The molecule has 0 spiro atoms. The summed E-state index contributed by atoms with van der Waals surface area (Å²) in [5, 5.41) is 28.1. The number of aliphatic hydroxyl groups is 1. The van der Waals surface area contributed by atoms with Crippen molar-refractivity contribution in [2.24, 2.45) is 0 Å². The van der Waals surface area contributed by atoms with Gasteiger partial charge in [0.2, 0.25) is 0 Å². The van der Waals surface area contributed by atoms with E-state index in [1.807, 2.05) is 0 Å². The monoisotopic (exact) mass is 390 g/mol. The minimum absolute atomic E-state index is 0.00597. The van der Waals surface area contributed by atoms with Gasteiger partial charge in [0.15, 0.2) is 0 Å². The highest BCUT2D eigenvalue weighted by atomic mass is 19.4. The Morgan fingerprint density at radius 2 is 1.68 bits per heavy atom. The number of benzene rings is 2. The van der Waals surface area contributed by atoms with E-state index in [0.717, 1.165) is 18.2 Å². The lowest BCUT2D eigenvalue weighted by Gasteiger charge is -2.15. The lowest BCUT2D eigenvalue weighted by atomic mass is 9.94. The maximum Gasteiger partial charge on any atom is 0.417 e. The molecule has 0 bridgehead atoms. The molecule has 2 aromatic rings. The van der Waals surface area contributed by atoms with Gasteiger partial charge in [-0.3, -0.25) is 0 Å². The van der Waals surface area contributed by atoms with Crippen LogP contribution in [-0.2, 0) is 11.0 Å². The number of allylic oxidation sites excluding steroid dienone is 3. The van der Waals surface area contributed by atoms with Crippen molar-refractivity contribution in [1.82, 2.24) is 0 Å². The molecule has 0 unspecified atom stereocenters. The van der Waals surface area contributed by atoms with E-state index < -0.39 is 29.0 Å². The van der Waals surface area contributed by atoms with E-state index in [-0.39, 0.29) is 28.0 Å². The van der Waals surface area contributed by atoms with Crippen LogP contribution < -0.4 is 0 Å². The number of carboxylic acid groups (broad SMARTS) is 1. The lowest BCUT2D eigenvalue weighted by Crippen LogP contribution is -2.08. The first-order valence-corrected chi connectivity index (χ1v) is 8.05. The van der Waals surface area contributed by atoms with Crippen molar-refractivity contribution in [3.63, 3.8) is 0 Å². The third kappa shape index (κ3) is 4.62. The van der Waals surface area contributed by atoms with Crippen LogP contribution in [0.2, 0.25) is 0 Å². The Morgan fingerprint density at radius 1 is 1.07 bits per heavy atom. The molecule has 0 amide bonds. The molecular formula is C21H17F3O4. The number of carboxylic acids is 1. The standard InChI is InChI=1S/C21H17F3O4/c1-3-19(26)17(20(27)28)10-12(2)14-6-9-16(18(11-14)21(22,23)24)13-4-7-15(25)8-5-13/h3-11,25-26H,2H2,1H3,(H,27,28)/b17-10+,19-3+. The summed E-state index contributed by atoms with van der Waals surface area (Å²) in [5.74, 6) is -2.03. The molecular weight excluding hydrogens is 373 g/mol. The molecule has 0 aliphatic carbocycles. The smallest absolute Gasteiger partial charge is 0.417 e. The normalized spacial score (nSPS) is 12.7. The molecule has 2 rings (SSSR count). The molecule has 0 aliphatic heterocycles. The van der Waals surface area contributed by atoms with Crippen LogP contribution >= 0.6 is 0 Å². The largest absolute Gasteiger partial charge is 0.508 e. The Morgan fingerprint density at radius 3 is 2.18 bits per heavy atom. The van der Waals surface area contributed by atoms with Gasteiger partial charge in [-0.2, -0.15) is 13.2 Å². The summed E-state index contributed by atoms with van der Waals surface area (Å²) in [7, 11) is 0. The first-order chi connectivity index (χ1) is 13.0. The van der Waals surface area contributed by atoms with Crippen LogP contribution in [0.1, 0.15) is 18.1 Å². The fourth-order valence-corrected chi connectivity index (χ4v) is 2.53. The summed E-state index contributed by atoms with van der Waals surface area (Å²) >= 11 is 0. The number of carbonyl (C=O) groups is 1. The van der Waals surface area contributed by atoms with E-state index in [1.54, 1.807) is 0 Å². The van der Waals surface area contributed by atoms with E-state index in [9.17, 15) is 28.2 Å². The maximum absolute atomic E-state index is 13.6. The van der Waals surface area contributed by atoms with Crippen molar-refractivity contribution in [2.75, 3.05) is 0 Å². The van der Waals surface area contributed by atoms with Crippen LogP contribution in [0.3, 0.4) is 0 Å². The summed E-state index contributed by atoms with van der Waals surface area (Å²) in [6.45, 7) is 5.04. The van der Waals surface area contributed by atoms with Crippen molar-refractivity contribution < 1.29 is 33.3 Å². The number of alkyl halides is 3. The van der Waals surface area contributed by atoms with E-state index >= 15 is 0 Å². The van der Waals surface area contributed by atoms with Crippen LogP contribution in [-0.4, -0.2) is 21.3 Å². The summed E-state index contributed by atoms with van der Waals surface area (Å²) in [6, 6.07) is 8.78. The number of phenols is 1. The zero-order valence-corrected chi connectivity index (χ0v) is 14.8. The Labute approximate surface area is 159 Å². The Hall–Kier alpha value is -3.48. The molecule has 0 saturated carbocycles. The molecule has 7 heteroatoms. The molecule has 0 fully saturated rings. The number of aliphatic hydroxyl groups excluding tert-OH is 1. The SMILES string of the molecule is C=C(/C=C(C(=O)O)\C(O)=C/C)c1ccc(-c2ccc(O)cc2)c(C(F)(F)F)c1. The molecule has 0 aromatic heterocycles. The minimum atomic E-state index is -4.67. The predicted octanol–water partition coefficient (Wildman–Crippen LogP) is 5.56. The van der Waals surface area contributed by atoms with Crippen LogP contribution in [0.25, 0.3) is 16.7 Å². The van der Waals surface area contributed by atoms with Crippen molar-refractivity contribution in [3.05, 3.63) is 83.7 Å². The van der Waals surface area contributed by atoms with Gasteiger partial charge in [0.1, 0.15) is 17.1 Å². The van der Waals surface area contributed by atoms with Gasteiger partial charge < -0.3 is 15.3 Å². The van der Waals surface area contributed by atoms with Gasteiger partial charge in [-0.25, -0.2) is 4.79 Å². The molecule has 0 radical (unpaired) electrons. The molecule has 28 heavy (non-hydrogen) atoms. The van der Waals surface area contributed by atoms with E-state index in [2.05, 4.69) is 6.58 Å². The fourth-order valence-electron chi connectivity index (χ4n) is 2.53. The fraction of sp³-hybridized carbons (Fsp3) is 0.0952. The van der Waals surface area contributed by atoms with Gasteiger partial charge in [0.25, 0.3) is 0 Å². The Bertz CT molecular complexity index is 968. The third-order valence-corrected chi connectivity index (χ3v) is 3.97. The first-order valence-electron chi connectivity index (χ1n) is 8.05. The van der Waals surface area contributed by atoms with Gasteiger partial charge in [-0.05, 0) is 59.5 Å². The van der Waals surface area contributed by atoms with E-state index in [0.29, 0.717) is 0 Å². The second-order valence-corrected chi connectivity index (χ2v) is 5.87. The van der Waals surface area contributed by atoms with Crippen LogP contribution in [0, 0.1) is 0 Å². The summed E-state index contributed by atoms with van der Waals surface area (Å²) < 4.78 is 40.8. The van der Waals surface area contributed by atoms with Gasteiger partial charge in [-0.1, -0.05) is 30.8 Å². The second kappa shape index (κ2) is 8.04. The number of halogens is 3. The molecule has 3 N–H and O–H groups in total. The molecule has 146 valence electrons. The highest BCUT2D eigenvalue weighted by Crippen LogP contribution is 2.39. The molecule has 0 heterocycles. The highest BCUT2D eigenvalue weighted by molar-refractivity contribution is 5.95. The summed E-state index contributed by atoms with van der Waals surface area (Å²) in [4.78, 5) is 11.2. The summed E-state index contributed by atoms with van der Waals surface area (Å²) in [6.07, 6.45) is -2.51. The van der Waals surface area contributed by atoms with E-state index in [1.165, 1.54) is 43.3 Å². The number of aromatic hydroxyl groups is 1. The average Bonchev–Trinajstić information content (AvgIpc) is 2.64. The molecule has 0 atom stereocenters. The second-order valence-electron chi connectivity index (χ2n) is 5.87. The van der Waals surface area contributed by atoms with Gasteiger partial charge in [-0.15, -0.1) is 0 Å². The minimum Gasteiger partial charge on any atom is -0.508 e. The van der Waals surface area contributed by atoms with Gasteiger partial charge in [0, 0.05) is 0 Å². The van der Waals surface area contributed by atoms with Crippen molar-refractivity contribution in [2.45, 2.75) is 13.1 Å². The zero-order chi connectivity index (χ0) is 21.1.